The molecule has 4 heterocycles. The summed E-state index contributed by atoms with van der Waals surface area (Å²) in [6.07, 6.45) is 10.2. The van der Waals surface area contributed by atoms with Crippen LogP contribution < -0.4 is 4.90 Å². The van der Waals surface area contributed by atoms with Gasteiger partial charge in [-0.05, 0) is 68.9 Å². The van der Waals surface area contributed by atoms with E-state index in [9.17, 15) is 0 Å². The Bertz CT molecular complexity index is 1110. The molecule has 1 unspecified atom stereocenters. The van der Waals surface area contributed by atoms with Gasteiger partial charge in [-0.25, -0.2) is 4.68 Å². The SMILES string of the molecule is Cc1cc(N2CCN(C3(c4ccccn4)CC3)CC2)ccc1-c1cn(CC2CCCCO2)nn1. The third-order valence-electron chi connectivity index (χ3n) is 7.80. The Morgan fingerprint density at radius 3 is 2.65 bits per heavy atom. The largest absolute Gasteiger partial charge is 0.376 e. The van der Waals surface area contributed by atoms with E-state index in [1.54, 1.807) is 0 Å². The van der Waals surface area contributed by atoms with Crippen molar-refractivity contribution in [3.05, 3.63) is 60.0 Å². The van der Waals surface area contributed by atoms with Gasteiger partial charge in [-0.2, -0.15) is 0 Å². The number of rotatable bonds is 6. The molecule has 7 nitrogen and oxygen atoms in total. The highest BCUT2D eigenvalue weighted by atomic mass is 16.5. The molecule has 0 spiro atoms. The lowest BCUT2D eigenvalue weighted by molar-refractivity contribution is 0.00370. The van der Waals surface area contributed by atoms with E-state index in [1.807, 2.05) is 16.9 Å². The number of nitrogens with zero attached hydrogens (tertiary/aromatic N) is 6. The summed E-state index contributed by atoms with van der Waals surface area (Å²) < 4.78 is 7.80. The van der Waals surface area contributed by atoms with Crippen molar-refractivity contribution in [3.63, 3.8) is 0 Å². The number of ether oxygens (including phenoxy) is 1. The molecule has 7 heteroatoms. The summed E-state index contributed by atoms with van der Waals surface area (Å²) in [7, 11) is 0. The van der Waals surface area contributed by atoms with Crippen LogP contribution in [0, 0.1) is 6.92 Å². The highest BCUT2D eigenvalue weighted by Crippen LogP contribution is 2.50. The second-order valence-electron chi connectivity index (χ2n) is 10.0. The quantitative estimate of drug-likeness (QED) is 0.556. The van der Waals surface area contributed by atoms with Crippen molar-refractivity contribution in [3.8, 4) is 11.3 Å². The molecule has 2 saturated heterocycles. The molecule has 0 amide bonds. The van der Waals surface area contributed by atoms with Gasteiger partial charge in [0.25, 0.3) is 0 Å². The minimum Gasteiger partial charge on any atom is -0.376 e. The lowest BCUT2D eigenvalue weighted by Crippen LogP contribution is -2.50. The topological polar surface area (TPSA) is 59.3 Å². The molecular weight excluding hydrogens is 424 g/mol. The van der Waals surface area contributed by atoms with Gasteiger partial charge in [-0.3, -0.25) is 9.88 Å². The molecule has 3 aromatic rings. The van der Waals surface area contributed by atoms with Crippen LogP contribution in [0.3, 0.4) is 0 Å². The molecule has 0 bridgehead atoms. The molecule has 1 aliphatic carbocycles. The third kappa shape index (κ3) is 4.23. The zero-order valence-corrected chi connectivity index (χ0v) is 20.1. The van der Waals surface area contributed by atoms with Gasteiger partial charge in [0.2, 0.25) is 0 Å². The first kappa shape index (κ1) is 21.7. The number of hydrogen-bond acceptors (Lipinski definition) is 6. The maximum atomic E-state index is 5.86. The Balaban J connectivity index is 1.10. The number of pyridine rings is 1. The van der Waals surface area contributed by atoms with Gasteiger partial charge >= 0.3 is 0 Å². The van der Waals surface area contributed by atoms with E-state index in [0.29, 0.717) is 0 Å². The second kappa shape index (κ2) is 9.12. The first-order valence-corrected chi connectivity index (χ1v) is 12.8. The summed E-state index contributed by atoms with van der Waals surface area (Å²) in [5.74, 6) is 0. The van der Waals surface area contributed by atoms with Crippen LogP contribution in [0.4, 0.5) is 5.69 Å². The highest BCUT2D eigenvalue weighted by Gasteiger charge is 2.51. The van der Waals surface area contributed by atoms with Crippen LogP contribution in [0.5, 0.6) is 0 Å². The van der Waals surface area contributed by atoms with Crippen LogP contribution in [0.15, 0.2) is 48.8 Å². The van der Waals surface area contributed by atoms with Gasteiger partial charge in [0.1, 0.15) is 5.69 Å². The Morgan fingerprint density at radius 2 is 1.94 bits per heavy atom. The highest BCUT2D eigenvalue weighted by molar-refractivity contribution is 5.67. The standard InChI is InChI=1S/C27H34N6O/c1-21-18-22(8-9-24(21)25-20-33(30-29-25)19-23-6-3-5-17-34-23)31-13-15-32(16-14-31)27(10-11-27)26-7-2-4-12-28-26/h2,4,7-9,12,18,20,23H,3,5-6,10-11,13-17,19H2,1H3. The van der Waals surface area contributed by atoms with Crippen molar-refractivity contribution >= 4 is 5.69 Å². The van der Waals surface area contributed by atoms with Crippen LogP contribution in [-0.2, 0) is 16.8 Å². The minimum atomic E-state index is 0.182. The van der Waals surface area contributed by atoms with Gasteiger partial charge < -0.3 is 9.64 Å². The molecule has 3 aliphatic rings. The normalized spacial score (nSPS) is 22.6. The average Bonchev–Trinajstić information content (AvgIpc) is 3.58. The monoisotopic (exact) mass is 458 g/mol. The van der Waals surface area contributed by atoms with E-state index >= 15 is 0 Å². The van der Waals surface area contributed by atoms with Crippen molar-refractivity contribution in [2.75, 3.05) is 37.7 Å². The molecule has 1 aromatic carbocycles. The van der Waals surface area contributed by atoms with E-state index in [4.69, 9.17) is 4.74 Å². The fourth-order valence-corrected chi connectivity index (χ4v) is 5.69. The van der Waals surface area contributed by atoms with Gasteiger partial charge in [0.05, 0.1) is 30.1 Å². The molecule has 1 atom stereocenters. The molecule has 6 rings (SSSR count). The van der Waals surface area contributed by atoms with Crippen LogP contribution in [-0.4, -0.2) is 63.8 Å². The molecule has 3 fully saturated rings. The summed E-state index contributed by atoms with van der Waals surface area (Å²) in [6.45, 7) is 8.08. The predicted octanol–water partition coefficient (Wildman–Crippen LogP) is 4.03. The molecule has 0 radical (unpaired) electrons. The second-order valence-corrected chi connectivity index (χ2v) is 10.0. The van der Waals surface area contributed by atoms with E-state index < -0.39 is 0 Å². The van der Waals surface area contributed by atoms with Crippen LogP contribution >= 0.6 is 0 Å². The van der Waals surface area contributed by atoms with Crippen molar-refractivity contribution in [1.82, 2.24) is 24.9 Å². The van der Waals surface area contributed by atoms with Crippen molar-refractivity contribution < 1.29 is 4.74 Å². The number of benzene rings is 1. The van der Waals surface area contributed by atoms with Crippen molar-refractivity contribution in [2.45, 2.75) is 57.2 Å². The number of piperazine rings is 1. The van der Waals surface area contributed by atoms with Gasteiger partial charge in [0.15, 0.2) is 0 Å². The number of aromatic nitrogens is 4. The van der Waals surface area contributed by atoms with E-state index in [1.165, 1.54) is 42.6 Å². The molecule has 1 saturated carbocycles. The average molecular weight is 459 g/mol. The number of aryl methyl sites for hydroxylation is 1. The van der Waals surface area contributed by atoms with Crippen molar-refractivity contribution in [1.29, 1.82) is 0 Å². The Morgan fingerprint density at radius 1 is 1.06 bits per heavy atom. The maximum Gasteiger partial charge on any atom is 0.113 e. The zero-order valence-electron chi connectivity index (χ0n) is 20.1. The van der Waals surface area contributed by atoms with E-state index in [-0.39, 0.29) is 11.6 Å². The summed E-state index contributed by atoms with van der Waals surface area (Å²) in [6, 6.07) is 13.1. The minimum absolute atomic E-state index is 0.182. The fourth-order valence-electron chi connectivity index (χ4n) is 5.69. The Labute approximate surface area is 201 Å². The summed E-state index contributed by atoms with van der Waals surface area (Å²) in [5, 5.41) is 8.83. The molecule has 178 valence electrons. The summed E-state index contributed by atoms with van der Waals surface area (Å²) in [5.41, 5.74) is 6.06. The first-order chi connectivity index (χ1) is 16.7. The molecule has 2 aromatic heterocycles. The van der Waals surface area contributed by atoms with Crippen molar-refractivity contribution in [2.24, 2.45) is 0 Å². The van der Waals surface area contributed by atoms with E-state index in [2.05, 4.69) is 68.5 Å². The number of anilines is 1. The Hall–Kier alpha value is -2.77. The van der Waals surface area contributed by atoms with Gasteiger partial charge in [-0.1, -0.05) is 17.3 Å². The van der Waals surface area contributed by atoms with Gasteiger partial charge in [-0.15, -0.1) is 5.10 Å². The molecule has 34 heavy (non-hydrogen) atoms. The third-order valence-corrected chi connectivity index (χ3v) is 7.80. The van der Waals surface area contributed by atoms with Gasteiger partial charge in [0, 0.05) is 50.2 Å². The lowest BCUT2D eigenvalue weighted by Gasteiger charge is -2.40. The number of hydrogen-bond donors (Lipinski definition) is 0. The van der Waals surface area contributed by atoms with Crippen LogP contribution in [0.25, 0.3) is 11.3 Å². The predicted molar refractivity (Wildman–Crippen MR) is 133 cm³/mol. The maximum absolute atomic E-state index is 5.86. The molecule has 2 aliphatic heterocycles. The molecule has 0 N–H and O–H groups in total. The zero-order chi connectivity index (χ0) is 23.0. The fraction of sp³-hybridized carbons (Fsp3) is 0.519. The summed E-state index contributed by atoms with van der Waals surface area (Å²) >= 11 is 0. The smallest absolute Gasteiger partial charge is 0.113 e. The Kier molecular flexibility index (Phi) is 5.83. The van der Waals surface area contributed by atoms with Crippen LogP contribution in [0.1, 0.15) is 43.4 Å². The van der Waals surface area contributed by atoms with E-state index in [0.717, 1.165) is 57.0 Å². The first-order valence-electron chi connectivity index (χ1n) is 12.8. The molecular formula is C27H34N6O. The summed E-state index contributed by atoms with van der Waals surface area (Å²) in [4.78, 5) is 9.84. The van der Waals surface area contributed by atoms with Crippen LogP contribution in [0.2, 0.25) is 0 Å². The lowest BCUT2D eigenvalue weighted by atomic mass is 10.0.